The Kier molecular flexibility index (Phi) is 11.4. The maximum absolute atomic E-state index is 14.3. The molecule has 0 aliphatic carbocycles. The number of carbonyl (C=O) groups is 3. The number of esters is 3. The number of rotatable bonds is 14. The average Bonchev–Trinajstić information content (AvgIpc) is 3.59. The number of para-hydroxylation sites is 1. The summed E-state index contributed by atoms with van der Waals surface area (Å²) in [5.41, 5.74) is 7.17. The lowest BCUT2D eigenvalue weighted by Crippen LogP contribution is -2.44. The van der Waals surface area contributed by atoms with Crippen molar-refractivity contribution in [3.8, 4) is 5.75 Å². The van der Waals surface area contributed by atoms with Crippen LogP contribution in [0.1, 0.15) is 60.6 Å². The van der Waals surface area contributed by atoms with Crippen LogP contribution >= 0.6 is 7.75 Å². The number of nitrogens with zero attached hydrogens (tertiary/aromatic N) is 3. The molecule has 3 heterocycles. The molecular formula is C30H40N5O10P. The predicted octanol–water partition coefficient (Wildman–Crippen LogP) is 4.08. The highest BCUT2D eigenvalue weighted by Gasteiger charge is 2.54. The van der Waals surface area contributed by atoms with Crippen molar-refractivity contribution in [1.82, 2.24) is 19.6 Å². The van der Waals surface area contributed by atoms with Crippen LogP contribution in [0, 0.1) is 0 Å². The van der Waals surface area contributed by atoms with Crippen LogP contribution in [-0.4, -0.2) is 69.0 Å². The number of pyridine rings is 1. The first-order valence-electron chi connectivity index (χ1n) is 15.0. The van der Waals surface area contributed by atoms with Crippen LogP contribution in [0.4, 0.5) is 5.69 Å². The Morgan fingerprint density at radius 2 is 1.65 bits per heavy atom. The number of aromatic nitrogens is 3. The van der Waals surface area contributed by atoms with E-state index in [4.69, 9.17) is 33.7 Å². The molecule has 250 valence electrons. The summed E-state index contributed by atoms with van der Waals surface area (Å²) in [7, 11) is -4.38. The number of hydrogen-bond donors (Lipinski definition) is 2. The quantitative estimate of drug-likeness (QED) is 0.143. The second kappa shape index (κ2) is 15.0. The van der Waals surface area contributed by atoms with E-state index in [9.17, 15) is 18.9 Å². The summed E-state index contributed by atoms with van der Waals surface area (Å²) < 4.78 is 50.9. The SMILES string of the molecule is CCC(=O)OC1C(OC(=O)CC)[C@H](n2cnc3c(N)ccnc32)O[C@@H]1C(C)OP(=O)(NC(C)C(=O)OC(C)C)Oc1ccccc1. The Morgan fingerprint density at radius 3 is 2.28 bits per heavy atom. The van der Waals surface area contributed by atoms with Crippen molar-refractivity contribution in [1.29, 1.82) is 0 Å². The zero-order valence-electron chi connectivity index (χ0n) is 26.5. The molecule has 0 spiro atoms. The summed E-state index contributed by atoms with van der Waals surface area (Å²) in [6.07, 6.45) is -3.31. The van der Waals surface area contributed by atoms with Gasteiger partial charge < -0.3 is 29.2 Å². The Labute approximate surface area is 266 Å². The van der Waals surface area contributed by atoms with Crippen LogP contribution in [0.25, 0.3) is 11.2 Å². The lowest BCUT2D eigenvalue weighted by molar-refractivity contribution is -0.168. The van der Waals surface area contributed by atoms with Crippen molar-refractivity contribution >= 4 is 42.5 Å². The maximum Gasteiger partial charge on any atom is 0.459 e. The highest BCUT2D eigenvalue weighted by atomic mass is 31.2. The summed E-state index contributed by atoms with van der Waals surface area (Å²) in [4.78, 5) is 46.7. The van der Waals surface area contributed by atoms with Gasteiger partial charge in [0.25, 0.3) is 0 Å². The van der Waals surface area contributed by atoms with E-state index < -0.39 is 68.4 Å². The average molecular weight is 662 g/mol. The molecule has 1 aliphatic heterocycles. The smallest absolute Gasteiger partial charge is 0.459 e. The molecule has 1 aliphatic rings. The highest BCUT2D eigenvalue weighted by molar-refractivity contribution is 7.52. The van der Waals surface area contributed by atoms with E-state index in [2.05, 4.69) is 15.1 Å². The molecule has 1 fully saturated rings. The minimum atomic E-state index is -4.38. The predicted molar refractivity (Wildman–Crippen MR) is 165 cm³/mol. The number of imidazole rings is 1. The first-order valence-corrected chi connectivity index (χ1v) is 16.5. The Hall–Kier alpha value is -4.04. The third-order valence-corrected chi connectivity index (χ3v) is 8.66. The summed E-state index contributed by atoms with van der Waals surface area (Å²) in [5, 5.41) is 2.64. The van der Waals surface area contributed by atoms with Gasteiger partial charge in [0.1, 0.15) is 23.4 Å². The number of benzene rings is 1. The third kappa shape index (κ3) is 8.21. The van der Waals surface area contributed by atoms with Gasteiger partial charge in [-0.25, -0.2) is 14.5 Å². The first-order chi connectivity index (χ1) is 21.9. The number of fused-ring (bicyclic) bond motifs is 1. The molecule has 0 bridgehead atoms. The van der Waals surface area contributed by atoms with E-state index in [0.29, 0.717) is 16.9 Å². The van der Waals surface area contributed by atoms with Gasteiger partial charge in [-0.2, -0.15) is 5.09 Å². The molecule has 0 amide bonds. The molecular weight excluding hydrogens is 621 g/mol. The van der Waals surface area contributed by atoms with Gasteiger partial charge in [-0.15, -0.1) is 0 Å². The molecule has 3 aromatic rings. The molecule has 0 radical (unpaired) electrons. The molecule has 3 N–H and O–H groups in total. The first kappa shape index (κ1) is 34.8. The molecule has 4 rings (SSSR count). The van der Waals surface area contributed by atoms with E-state index in [0.717, 1.165) is 0 Å². The molecule has 2 aromatic heterocycles. The molecule has 1 aromatic carbocycles. The minimum Gasteiger partial charge on any atom is -0.462 e. The standard InChI is InChI=1S/C30H40N5O10P/c1-7-22(36)41-26-25(43-29(27(26)42-23(37)8-2)35-16-33-24-21(31)14-15-32-28(24)35)19(6)44-46(39,45-20-12-10-9-11-13-20)34-18(5)30(38)40-17(3)4/h9-19,25-27,29H,7-8H2,1-6H3,(H2,31,32)(H,34,39)/t18?,19?,25-,26?,27?,29-,46?/m1/s1. The van der Waals surface area contributed by atoms with Crippen molar-refractivity contribution in [2.45, 2.75) is 97.2 Å². The third-order valence-electron chi connectivity index (χ3n) is 6.90. The van der Waals surface area contributed by atoms with E-state index in [1.165, 1.54) is 30.9 Å². The van der Waals surface area contributed by atoms with Gasteiger partial charge in [-0.3, -0.25) is 23.5 Å². The van der Waals surface area contributed by atoms with Crippen molar-refractivity contribution in [2.24, 2.45) is 0 Å². The van der Waals surface area contributed by atoms with Crippen molar-refractivity contribution < 1.29 is 46.9 Å². The second-order valence-electron chi connectivity index (χ2n) is 10.9. The number of ether oxygens (including phenoxy) is 4. The number of anilines is 1. The molecule has 1 saturated heterocycles. The number of hydrogen-bond acceptors (Lipinski definition) is 13. The number of nitrogens with two attached hydrogens (primary N) is 1. The van der Waals surface area contributed by atoms with Crippen LogP contribution in [-0.2, 0) is 42.4 Å². The van der Waals surface area contributed by atoms with E-state index in [1.54, 1.807) is 64.1 Å². The Balaban J connectivity index is 1.72. The van der Waals surface area contributed by atoms with Gasteiger partial charge in [0.15, 0.2) is 24.1 Å². The Bertz CT molecular complexity index is 1570. The largest absolute Gasteiger partial charge is 0.462 e. The molecule has 0 saturated carbocycles. The summed E-state index contributed by atoms with van der Waals surface area (Å²) in [6.45, 7) is 9.58. The van der Waals surface area contributed by atoms with Gasteiger partial charge in [0.2, 0.25) is 0 Å². The second-order valence-corrected chi connectivity index (χ2v) is 12.5. The van der Waals surface area contributed by atoms with Crippen LogP contribution in [0.5, 0.6) is 5.75 Å². The van der Waals surface area contributed by atoms with Gasteiger partial charge in [-0.1, -0.05) is 32.0 Å². The topological polar surface area (TPSA) is 192 Å². The fraction of sp³-hybridized carbons (Fsp3) is 0.500. The molecule has 15 nitrogen and oxygen atoms in total. The molecule has 16 heteroatoms. The molecule has 46 heavy (non-hydrogen) atoms. The number of carbonyl (C=O) groups excluding carboxylic acids is 3. The van der Waals surface area contributed by atoms with Gasteiger partial charge in [0, 0.05) is 19.0 Å². The van der Waals surface area contributed by atoms with Crippen molar-refractivity contribution in [2.75, 3.05) is 5.73 Å². The zero-order valence-corrected chi connectivity index (χ0v) is 27.4. The van der Waals surface area contributed by atoms with Gasteiger partial charge >= 0.3 is 25.7 Å². The molecule has 7 atom stereocenters. The van der Waals surface area contributed by atoms with Crippen LogP contribution < -0.4 is 15.3 Å². The van der Waals surface area contributed by atoms with Gasteiger partial charge in [0.05, 0.1) is 24.2 Å². The lowest BCUT2D eigenvalue weighted by atomic mass is 10.1. The maximum atomic E-state index is 14.3. The van der Waals surface area contributed by atoms with E-state index in [-0.39, 0.29) is 18.6 Å². The highest BCUT2D eigenvalue weighted by Crippen LogP contribution is 2.48. The monoisotopic (exact) mass is 661 g/mol. The van der Waals surface area contributed by atoms with Crippen LogP contribution in [0.3, 0.4) is 0 Å². The summed E-state index contributed by atoms with van der Waals surface area (Å²) in [5.74, 6) is -1.67. The van der Waals surface area contributed by atoms with E-state index >= 15 is 0 Å². The molecule has 5 unspecified atom stereocenters. The summed E-state index contributed by atoms with van der Waals surface area (Å²) in [6, 6.07) is 8.70. The van der Waals surface area contributed by atoms with Crippen LogP contribution in [0.2, 0.25) is 0 Å². The Morgan fingerprint density at radius 1 is 1.00 bits per heavy atom. The van der Waals surface area contributed by atoms with Crippen molar-refractivity contribution in [3.63, 3.8) is 0 Å². The zero-order chi connectivity index (χ0) is 33.6. The normalized spacial score (nSPS) is 22.2. The number of nitrogens with one attached hydrogen (secondary N) is 1. The van der Waals surface area contributed by atoms with Crippen LogP contribution in [0.15, 0.2) is 48.9 Å². The van der Waals surface area contributed by atoms with E-state index in [1.807, 2.05) is 0 Å². The van der Waals surface area contributed by atoms with Crippen molar-refractivity contribution in [3.05, 3.63) is 48.9 Å². The summed E-state index contributed by atoms with van der Waals surface area (Å²) >= 11 is 0. The number of nitrogen functional groups attached to an aromatic ring is 1. The fourth-order valence-electron chi connectivity index (χ4n) is 4.74. The fourth-order valence-corrected chi connectivity index (χ4v) is 6.43. The minimum absolute atomic E-state index is 0.0102. The van der Waals surface area contributed by atoms with Gasteiger partial charge in [-0.05, 0) is 45.9 Å². The lowest BCUT2D eigenvalue weighted by Gasteiger charge is -2.30.